The molecule has 0 aliphatic carbocycles. The Morgan fingerprint density at radius 1 is 1.41 bits per heavy atom. The first kappa shape index (κ1) is 15.4. The fraction of sp³-hybridized carbons (Fsp3) is 0.222. The third kappa shape index (κ3) is 5.33. The first-order valence-corrected chi connectivity index (χ1v) is 4.64. The van der Waals surface area contributed by atoms with Gasteiger partial charge < -0.3 is 16.8 Å². The van der Waals surface area contributed by atoms with Crippen molar-refractivity contribution in [2.24, 2.45) is 16.5 Å². The van der Waals surface area contributed by atoms with Gasteiger partial charge in [0.2, 0.25) is 0 Å². The summed E-state index contributed by atoms with van der Waals surface area (Å²) >= 11 is 0. The van der Waals surface area contributed by atoms with Gasteiger partial charge in [-0.25, -0.2) is 0 Å². The van der Waals surface area contributed by atoms with Crippen LogP contribution in [0.5, 0.6) is 0 Å². The van der Waals surface area contributed by atoms with Crippen LogP contribution in [0.15, 0.2) is 29.3 Å². The van der Waals surface area contributed by atoms with Crippen LogP contribution in [0.1, 0.15) is 0 Å². The summed E-state index contributed by atoms with van der Waals surface area (Å²) in [6.45, 7) is 0.803. The molecular formula is C9H14IN5O2. The van der Waals surface area contributed by atoms with Gasteiger partial charge in [0.15, 0.2) is 5.96 Å². The Labute approximate surface area is 115 Å². The van der Waals surface area contributed by atoms with Crippen molar-refractivity contribution >= 4 is 41.3 Å². The molecule has 0 aliphatic heterocycles. The minimum atomic E-state index is -0.442. The van der Waals surface area contributed by atoms with E-state index in [2.05, 4.69) is 10.3 Å². The topological polar surface area (TPSA) is 120 Å². The molecule has 7 nitrogen and oxygen atoms in total. The van der Waals surface area contributed by atoms with Crippen molar-refractivity contribution < 1.29 is 4.92 Å². The summed E-state index contributed by atoms with van der Waals surface area (Å²) in [6.07, 6.45) is 0. The lowest BCUT2D eigenvalue weighted by Gasteiger charge is -2.04. The molecule has 0 saturated heterocycles. The summed E-state index contributed by atoms with van der Waals surface area (Å²) in [5.74, 6) is 0.00404. The molecule has 0 radical (unpaired) electrons. The number of nitro benzene ring substituents is 1. The molecule has 0 unspecified atom stereocenters. The molecule has 0 fully saturated rings. The van der Waals surface area contributed by atoms with Gasteiger partial charge in [-0.2, -0.15) is 0 Å². The summed E-state index contributed by atoms with van der Waals surface area (Å²) < 4.78 is 0. The molecule has 94 valence electrons. The van der Waals surface area contributed by atoms with Crippen LogP contribution in [0, 0.1) is 10.1 Å². The normalized spacial score (nSPS) is 8.94. The van der Waals surface area contributed by atoms with Crippen molar-refractivity contribution in [3.63, 3.8) is 0 Å². The second kappa shape index (κ2) is 7.65. The molecule has 0 aromatic heterocycles. The average Bonchev–Trinajstić information content (AvgIpc) is 2.24. The monoisotopic (exact) mass is 351 g/mol. The molecule has 1 rings (SSSR count). The standard InChI is InChI=1S/C9H13N5O2.HI/c10-9(11)13-6-5-12-7-3-1-2-4-8(7)14(15)16;/h1-4,12H,5-6H2,(H4,10,11,13);1H. The van der Waals surface area contributed by atoms with E-state index in [0.29, 0.717) is 18.8 Å². The molecule has 1 aromatic rings. The summed E-state index contributed by atoms with van der Waals surface area (Å²) in [5.41, 5.74) is 10.8. The molecule has 1 aromatic carbocycles. The lowest BCUT2D eigenvalue weighted by Crippen LogP contribution is -2.24. The second-order valence-electron chi connectivity index (χ2n) is 3.01. The maximum absolute atomic E-state index is 10.7. The van der Waals surface area contributed by atoms with Crippen LogP contribution < -0.4 is 16.8 Å². The highest BCUT2D eigenvalue weighted by Crippen LogP contribution is 2.22. The summed E-state index contributed by atoms with van der Waals surface area (Å²) in [6, 6.07) is 6.39. The van der Waals surface area contributed by atoms with Gasteiger partial charge in [0.1, 0.15) is 5.69 Å². The largest absolute Gasteiger partial charge is 0.378 e. The number of nitrogens with one attached hydrogen (secondary N) is 1. The number of rotatable bonds is 5. The third-order valence-electron chi connectivity index (χ3n) is 1.82. The van der Waals surface area contributed by atoms with Crippen LogP contribution >= 0.6 is 24.0 Å². The van der Waals surface area contributed by atoms with Gasteiger partial charge in [0.25, 0.3) is 5.69 Å². The highest BCUT2D eigenvalue weighted by atomic mass is 127. The number of nitrogens with two attached hydrogens (primary N) is 2. The minimum absolute atomic E-state index is 0. The number of aliphatic imine (C=N–C) groups is 1. The van der Waals surface area contributed by atoms with E-state index in [1.54, 1.807) is 18.2 Å². The summed E-state index contributed by atoms with van der Waals surface area (Å²) in [4.78, 5) is 14.0. The third-order valence-corrected chi connectivity index (χ3v) is 1.82. The van der Waals surface area contributed by atoms with Crippen LogP contribution in [0.2, 0.25) is 0 Å². The van der Waals surface area contributed by atoms with Crippen LogP contribution in [0.4, 0.5) is 11.4 Å². The maximum atomic E-state index is 10.7. The molecule has 0 aliphatic rings. The molecule has 0 spiro atoms. The van der Waals surface area contributed by atoms with Gasteiger partial charge in [0.05, 0.1) is 11.5 Å². The van der Waals surface area contributed by atoms with Crippen molar-refractivity contribution in [2.45, 2.75) is 0 Å². The molecule has 8 heteroatoms. The Bertz CT molecular complexity index is 406. The van der Waals surface area contributed by atoms with Crippen LogP contribution in [-0.4, -0.2) is 24.0 Å². The van der Waals surface area contributed by atoms with Crippen LogP contribution in [0.3, 0.4) is 0 Å². The number of para-hydroxylation sites is 2. The zero-order valence-corrected chi connectivity index (χ0v) is 11.3. The van der Waals surface area contributed by atoms with E-state index in [9.17, 15) is 10.1 Å². The minimum Gasteiger partial charge on any atom is -0.378 e. The molecule has 17 heavy (non-hydrogen) atoms. The van der Waals surface area contributed by atoms with E-state index in [1.165, 1.54) is 6.07 Å². The molecule has 0 atom stereocenters. The van der Waals surface area contributed by atoms with Gasteiger partial charge >= 0.3 is 0 Å². The fourth-order valence-corrected chi connectivity index (χ4v) is 1.16. The average molecular weight is 351 g/mol. The number of halogens is 1. The van der Waals surface area contributed by atoms with Gasteiger partial charge in [0, 0.05) is 12.6 Å². The quantitative estimate of drug-likeness (QED) is 0.182. The highest BCUT2D eigenvalue weighted by Gasteiger charge is 2.10. The maximum Gasteiger partial charge on any atom is 0.292 e. The number of guanidine groups is 1. The highest BCUT2D eigenvalue weighted by molar-refractivity contribution is 14.0. The smallest absolute Gasteiger partial charge is 0.292 e. The van der Waals surface area contributed by atoms with Crippen molar-refractivity contribution in [1.82, 2.24) is 0 Å². The van der Waals surface area contributed by atoms with E-state index in [4.69, 9.17) is 11.5 Å². The summed E-state index contributed by atoms with van der Waals surface area (Å²) in [7, 11) is 0. The molecule has 0 saturated carbocycles. The number of benzene rings is 1. The Hall–Kier alpha value is -1.58. The van der Waals surface area contributed by atoms with E-state index in [1.807, 2.05) is 0 Å². The first-order valence-electron chi connectivity index (χ1n) is 4.64. The first-order chi connectivity index (χ1) is 7.61. The Morgan fingerprint density at radius 2 is 2.06 bits per heavy atom. The number of hydrogen-bond acceptors (Lipinski definition) is 4. The molecule has 0 amide bonds. The SMILES string of the molecule is I.NC(N)=NCCNc1ccccc1[N+](=O)[O-]. The van der Waals surface area contributed by atoms with Crippen LogP contribution in [0.25, 0.3) is 0 Å². The lowest BCUT2D eigenvalue weighted by molar-refractivity contribution is -0.384. The zero-order chi connectivity index (χ0) is 12.0. The lowest BCUT2D eigenvalue weighted by atomic mass is 10.2. The fourth-order valence-electron chi connectivity index (χ4n) is 1.16. The Morgan fingerprint density at radius 3 is 2.65 bits per heavy atom. The molecule has 0 heterocycles. The Balaban J connectivity index is 0.00000256. The second-order valence-corrected chi connectivity index (χ2v) is 3.01. The van der Waals surface area contributed by atoms with Crippen LogP contribution in [-0.2, 0) is 0 Å². The molecule has 5 N–H and O–H groups in total. The van der Waals surface area contributed by atoms with E-state index in [0.717, 1.165) is 0 Å². The van der Waals surface area contributed by atoms with E-state index >= 15 is 0 Å². The van der Waals surface area contributed by atoms with Crippen molar-refractivity contribution in [2.75, 3.05) is 18.4 Å². The van der Waals surface area contributed by atoms with Gasteiger partial charge in [-0.15, -0.1) is 24.0 Å². The number of nitrogens with zero attached hydrogens (tertiary/aromatic N) is 2. The number of anilines is 1. The van der Waals surface area contributed by atoms with Crippen molar-refractivity contribution in [3.05, 3.63) is 34.4 Å². The molecule has 0 bridgehead atoms. The number of hydrogen-bond donors (Lipinski definition) is 3. The zero-order valence-electron chi connectivity index (χ0n) is 9.00. The van der Waals surface area contributed by atoms with Crippen molar-refractivity contribution in [3.8, 4) is 0 Å². The van der Waals surface area contributed by atoms with E-state index in [-0.39, 0.29) is 35.6 Å². The van der Waals surface area contributed by atoms with Gasteiger partial charge in [-0.3, -0.25) is 15.1 Å². The van der Waals surface area contributed by atoms with Crippen molar-refractivity contribution in [1.29, 1.82) is 0 Å². The summed E-state index contributed by atoms with van der Waals surface area (Å²) in [5, 5.41) is 13.6. The number of nitro groups is 1. The molecular weight excluding hydrogens is 337 g/mol. The Kier molecular flexibility index (Phi) is 6.94. The van der Waals surface area contributed by atoms with Gasteiger partial charge in [-0.05, 0) is 6.07 Å². The predicted molar refractivity (Wildman–Crippen MR) is 77.7 cm³/mol. The van der Waals surface area contributed by atoms with E-state index < -0.39 is 4.92 Å². The van der Waals surface area contributed by atoms with Gasteiger partial charge in [-0.1, -0.05) is 12.1 Å². The predicted octanol–water partition coefficient (Wildman–Crippen LogP) is 0.898.